The molecule has 124 valence electrons. The van der Waals surface area contributed by atoms with Gasteiger partial charge in [0, 0.05) is 16.7 Å². The SMILES string of the molecule is Cc1ccc(C(=O)[C@@H]2[C@H](c3ccccc3)[NH+]2Cc2ccccc2)cc1. The Kier molecular flexibility index (Phi) is 4.21. The van der Waals surface area contributed by atoms with Crippen LogP contribution in [0.3, 0.4) is 0 Å². The zero-order chi connectivity index (χ0) is 17.2. The average molecular weight is 328 g/mol. The van der Waals surface area contributed by atoms with Crippen LogP contribution in [-0.2, 0) is 6.54 Å². The number of aryl methyl sites for hydroxylation is 1. The number of hydrogen-bond donors (Lipinski definition) is 1. The molecule has 3 atom stereocenters. The van der Waals surface area contributed by atoms with Crippen LogP contribution in [0.2, 0.25) is 0 Å². The van der Waals surface area contributed by atoms with E-state index in [4.69, 9.17) is 0 Å². The first-order chi connectivity index (χ1) is 12.2. The molecular weight excluding hydrogens is 306 g/mol. The zero-order valence-electron chi connectivity index (χ0n) is 14.4. The molecule has 0 amide bonds. The van der Waals surface area contributed by atoms with Gasteiger partial charge in [-0.05, 0) is 6.92 Å². The van der Waals surface area contributed by atoms with Gasteiger partial charge in [-0.25, -0.2) is 0 Å². The molecule has 2 nitrogen and oxygen atoms in total. The molecule has 0 saturated carbocycles. The van der Waals surface area contributed by atoms with Crippen LogP contribution in [0.15, 0.2) is 84.9 Å². The summed E-state index contributed by atoms with van der Waals surface area (Å²) in [5, 5.41) is 0. The van der Waals surface area contributed by atoms with E-state index in [1.807, 2.05) is 43.3 Å². The minimum atomic E-state index is 0.00492. The molecule has 0 spiro atoms. The van der Waals surface area contributed by atoms with Crippen LogP contribution < -0.4 is 4.90 Å². The summed E-state index contributed by atoms with van der Waals surface area (Å²) in [7, 11) is 0. The first-order valence-electron chi connectivity index (χ1n) is 8.79. The van der Waals surface area contributed by atoms with Crippen LogP contribution in [0.4, 0.5) is 0 Å². The number of rotatable bonds is 5. The Labute approximate surface area is 148 Å². The van der Waals surface area contributed by atoms with Crippen LogP contribution in [0, 0.1) is 6.92 Å². The quantitative estimate of drug-likeness (QED) is 0.563. The molecule has 1 saturated heterocycles. The Balaban J connectivity index is 1.61. The highest BCUT2D eigenvalue weighted by Gasteiger charge is 2.59. The number of carbonyl (C=O) groups excluding carboxylic acids is 1. The smallest absolute Gasteiger partial charge is 0.226 e. The summed E-state index contributed by atoms with van der Waals surface area (Å²) in [4.78, 5) is 14.4. The van der Waals surface area contributed by atoms with E-state index in [9.17, 15) is 4.79 Å². The Morgan fingerprint density at radius 1 is 0.840 bits per heavy atom. The van der Waals surface area contributed by atoms with E-state index < -0.39 is 0 Å². The van der Waals surface area contributed by atoms with Crippen molar-refractivity contribution in [2.45, 2.75) is 25.6 Å². The highest BCUT2D eigenvalue weighted by Crippen LogP contribution is 2.26. The monoisotopic (exact) mass is 328 g/mol. The van der Waals surface area contributed by atoms with Gasteiger partial charge < -0.3 is 4.90 Å². The van der Waals surface area contributed by atoms with Gasteiger partial charge in [0.15, 0.2) is 6.04 Å². The van der Waals surface area contributed by atoms with Gasteiger partial charge >= 0.3 is 0 Å². The number of nitrogens with one attached hydrogen (secondary N) is 1. The summed E-state index contributed by atoms with van der Waals surface area (Å²) < 4.78 is 0. The van der Waals surface area contributed by atoms with E-state index in [1.165, 1.54) is 21.6 Å². The Morgan fingerprint density at radius 2 is 1.44 bits per heavy atom. The zero-order valence-corrected chi connectivity index (χ0v) is 14.4. The minimum Gasteiger partial charge on any atom is -0.305 e. The van der Waals surface area contributed by atoms with Crippen LogP contribution >= 0.6 is 0 Å². The molecule has 3 aromatic rings. The lowest BCUT2D eigenvalue weighted by Crippen LogP contribution is -2.93. The molecule has 1 heterocycles. The molecule has 1 N–H and O–H groups in total. The summed E-state index contributed by atoms with van der Waals surface area (Å²) >= 11 is 0. The molecule has 1 aliphatic heterocycles. The lowest BCUT2D eigenvalue weighted by atomic mass is 10.0. The average Bonchev–Trinajstić information content (AvgIpc) is 3.37. The maximum absolute atomic E-state index is 13.1. The molecule has 0 aromatic heterocycles. The van der Waals surface area contributed by atoms with Crippen molar-refractivity contribution in [2.75, 3.05) is 0 Å². The summed E-state index contributed by atoms with van der Waals surface area (Å²) in [6.07, 6.45) is 0. The van der Waals surface area contributed by atoms with Crippen molar-refractivity contribution in [1.82, 2.24) is 0 Å². The minimum absolute atomic E-state index is 0.00492. The number of carbonyl (C=O) groups is 1. The number of hydrogen-bond acceptors (Lipinski definition) is 1. The van der Waals surface area contributed by atoms with Gasteiger partial charge in [-0.2, -0.15) is 0 Å². The second-order valence-corrected chi connectivity index (χ2v) is 6.83. The second kappa shape index (κ2) is 6.66. The number of Topliss-reactive ketones (excluding diaryl/α,β-unsaturated/α-hetero) is 1. The fourth-order valence-electron chi connectivity index (χ4n) is 3.65. The van der Waals surface area contributed by atoms with Gasteiger partial charge in [-0.1, -0.05) is 90.5 Å². The van der Waals surface area contributed by atoms with Gasteiger partial charge in [0.25, 0.3) is 0 Å². The summed E-state index contributed by atoms with van der Waals surface area (Å²) in [5.74, 6) is 0.250. The van der Waals surface area contributed by atoms with Gasteiger partial charge in [0.1, 0.15) is 6.54 Å². The maximum Gasteiger partial charge on any atom is 0.226 e. The predicted molar refractivity (Wildman–Crippen MR) is 99.6 cm³/mol. The van der Waals surface area contributed by atoms with E-state index in [1.54, 1.807) is 0 Å². The molecule has 0 bridgehead atoms. The summed E-state index contributed by atoms with van der Waals surface area (Å²) in [5.41, 5.74) is 4.52. The van der Waals surface area contributed by atoms with Crippen molar-refractivity contribution in [1.29, 1.82) is 0 Å². The van der Waals surface area contributed by atoms with E-state index in [-0.39, 0.29) is 17.9 Å². The number of quaternary nitrogens is 1. The first kappa shape index (κ1) is 15.8. The molecule has 1 aliphatic rings. The Morgan fingerprint density at radius 3 is 2.08 bits per heavy atom. The third kappa shape index (κ3) is 3.26. The number of benzene rings is 3. The number of ketones is 1. The van der Waals surface area contributed by atoms with Crippen LogP contribution in [0.1, 0.15) is 33.1 Å². The maximum atomic E-state index is 13.1. The van der Waals surface area contributed by atoms with Crippen molar-refractivity contribution in [3.63, 3.8) is 0 Å². The van der Waals surface area contributed by atoms with E-state index in [2.05, 4.69) is 48.5 Å². The molecule has 0 radical (unpaired) electrons. The molecule has 3 aromatic carbocycles. The largest absolute Gasteiger partial charge is 0.305 e. The second-order valence-electron chi connectivity index (χ2n) is 6.83. The Bertz CT molecular complexity index is 856. The molecule has 4 rings (SSSR count). The van der Waals surface area contributed by atoms with E-state index in [0.717, 1.165) is 12.1 Å². The lowest BCUT2D eigenvalue weighted by Gasteiger charge is -2.02. The van der Waals surface area contributed by atoms with Crippen molar-refractivity contribution in [3.8, 4) is 0 Å². The van der Waals surface area contributed by atoms with Crippen molar-refractivity contribution in [3.05, 3.63) is 107 Å². The molecular formula is C23H22NO+. The summed E-state index contributed by atoms with van der Waals surface area (Å²) in [6.45, 7) is 2.92. The van der Waals surface area contributed by atoms with Gasteiger partial charge in [-0.3, -0.25) is 4.79 Å². The van der Waals surface area contributed by atoms with Crippen molar-refractivity contribution < 1.29 is 9.69 Å². The van der Waals surface area contributed by atoms with Gasteiger partial charge in [0.05, 0.1) is 0 Å². The Hall–Kier alpha value is -2.71. The lowest BCUT2D eigenvalue weighted by molar-refractivity contribution is -0.802. The van der Waals surface area contributed by atoms with Crippen LogP contribution in [0.25, 0.3) is 0 Å². The van der Waals surface area contributed by atoms with Crippen LogP contribution in [-0.4, -0.2) is 11.8 Å². The van der Waals surface area contributed by atoms with Gasteiger partial charge in [-0.15, -0.1) is 0 Å². The summed E-state index contributed by atoms with van der Waals surface area (Å²) in [6, 6.07) is 29.1. The molecule has 25 heavy (non-hydrogen) atoms. The van der Waals surface area contributed by atoms with E-state index in [0.29, 0.717) is 0 Å². The fourth-order valence-corrected chi connectivity index (χ4v) is 3.65. The normalized spacial score (nSPS) is 21.7. The third-order valence-corrected chi connectivity index (χ3v) is 5.05. The topological polar surface area (TPSA) is 21.5 Å². The molecule has 1 unspecified atom stereocenters. The fraction of sp³-hybridized carbons (Fsp3) is 0.174. The van der Waals surface area contributed by atoms with Crippen molar-refractivity contribution >= 4 is 5.78 Å². The standard InChI is InChI=1S/C23H21NO/c1-17-12-14-20(15-13-17)23(25)22-21(19-10-6-3-7-11-19)24(22)16-18-8-4-2-5-9-18/h2-15,21-22H,16H2,1H3/p+1/t21-,22-,24?/m0/s1. The van der Waals surface area contributed by atoms with Crippen molar-refractivity contribution in [2.24, 2.45) is 0 Å². The highest BCUT2D eigenvalue weighted by molar-refractivity contribution is 6.00. The molecule has 1 fully saturated rings. The predicted octanol–water partition coefficient (Wildman–Crippen LogP) is 3.39. The molecule has 2 heteroatoms. The molecule has 0 aliphatic carbocycles. The van der Waals surface area contributed by atoms with Gasteiger partial charge in [0.2, 0.25) is 11.8 Å². The van der Waals surface area contributed by atoms with Crippen LogP contribution in [0.5, 0.6) is 0 Å². The highest BCUT2D eigenvalue weighted by atomic mass is 16.1. The third-order valence-electron chi connectivity index (χ3n) is 5.05. The van der Waals surface area contributed by atoms with E-state index >= 15 is 0 Å². The first-order valence-corrected chi connectivity index (χ1v) is 8.79.